The van der Waals surface area contributed by atoms with Crippen molar-refractivity contribution in [2.45, 2.75) is 45.2 Å². The Bertz CT molecular complexity index is 1310. The maximum absolute atomic E-state index is 12.9. The van der Waals surface area contributed by atoms with Crippen LogP contribution in [0.25, 0.3) is 22.4 Å². The second-order valence-electron chi connectivity index (χ2n) is 7.85. The number of fused-ring (bicyclic) bond motifs is 1. The van der Waals surface area contributed by atoms with Gasteiger partial charge in [-0.3, -0.25) is 0 Å². The fourth-order valence-corrected chi connectivity index (χ4v) is 4.70. The van der Waals surface area contributed by atoms with Gasteiger partial charge in [0.2, 0.25) is 21.7 Å². The van der Waals surface area contributed by atoms with Crippen LogP contribution in [0.4, 0.5) is 0 Å². The van der Waals surface area contributed by atoms with Crippen LogP contribution in [0.3, 0.4) is 0 Å². The van der Waals surface area contributed by atoms with Crippen molar-refractivity contribution in [2.75, 3.05) is 0 Å². The maximum atomic E-state index is 12.9. The highest BCUT2D eigenvalue weighted by Gasteiger charge is 2.29. The molecule has 0 amide bonds. The van der Waals surface area contributed by atoms with Gasteiger partial charge >= 0.3 is 0 Å². The SMILES string of the molecule is CCn1cnc2cc(-c3noc(C(NS(=O)(=O)c4ccc(C)cc4)C(C)C)n3)ccc21. The van der Waals surface area contributed by atoms with E-state index in [4.69, 9.17) is 4.52 Å². The molecule has 0 radical (unpaired) electrons. The molecular weight excluding hydrogens is 414 g/mol. The molecule has 162 valence electrons. The summed E-state index contributed by atoms with van der Waals surface area (Å²) in [6.07, 6.45) is 1.80. The summed E-state index contributed by atoms with van der Waals surface area (Å²) in [4.78, 5) is 9.10. The van der Waals surface area contributed by atoms with Crippen molar-refractivity contribution in [1.29, 1.82) is 0 Å². The lowest BCUT2D eigenvalue weighted by molar-refractivity contribution is 0.311. The van der Waals surface area contributed by atoms with Gasteiger partial charge in [-0.2, -0.15) is 9.71 Å². The normalized spacial score (nSPS) is 13.2. The number of aryl methyl sites for hydroxylation is 2. The van der Waals surface area contributed by atoms with Crippen LogP contribution in [-0.4, -0.2) is 28.1 Å². The molecule has 2 heterocycles. The molecule has 8 nitrogen and oxygen atoms in total. The van der Waals surface area contributed by atoms with E-state index >= 15 is 0 Å². The van der Waals surface area contributed by atoms with Gasteiger partial charge in [-0.25, -0.2) is 13.4 Å². The third kappa shape index (κ3) is 4.24. The fourth-order valence-electron chi connectivity index (χ4n) is 3.36. The summed E-state index contributed by atoms with van der Waals surface area (Å²) in [5.74, 6) is 0.513. The van der Waals surface area contributed by atoms with Crippen molar-refractivity contribution >= 4 is 21.1 Å². The van der Waals surface area contributed by atoms with E-state index in [2.05, 4.69) is 31.3 Å². The molecule has 1 unspecified atom stereocenters. The van der Waals surface area contributed by atoms with Gasteiger partial charge in [-0.15, -0.1) is 0 Å². The molecular formula is C22H25N5O3S. The summed E-state index contributed by atoms with van der Waals surface area (Å²) < 4.78 is 36.0. The lowest BCUT2D eigenvalue weighted by Crippen LogP contribution is -2.32. The summed E-state index contributed by atoms with van der Waals surface area (Å²) in [5, 5.41) is 4.08. The highest BCUT2D eigenvalue weighted by Crippen LogP contribution is 2.27. The molecule has 4 rings (SSSR count). The van der Waals surface area contributed by atoms with E-state index in [9.17, 15) is 8.42 Å². The minimum Gasteiger partial charge on any atom is -0.337 e. The molecule has 0 aliphatic carbocycles. The molecule has 0 saturated heterocycles. The van der Waals surface area contributed by atoms with E-state index < -0.39 is 16.1 Å². The van der Waals surface area contributed by atoms with Gasteiger partial charge in [0.1, 0.15) is 6.04 Å². The maximum Gasteiger partial charge on any atom is 0.245 e. The number of hydrogen-bond donors (Lipinski definition) is 1. The quantitative estimate of drug-likeness (QED) is 0.465. The zero-order valence-corrected chi connectivity index (χ0v) is 18.7. The van der Waals surface area contributed by atoms with Gasteiger partial charge in [0.15, 0.2) is 0 Å². The first-order valence-corrected chi connectivity index (χ1v) is 11.6. The third-order valence-corrected chi connectivity index (χ3v) is 6.66. The lowest BCUT2D eigenvalue weighted by Gasteiger charge is -2.18. The van der Waals surface area contributed by atoms with E-state index in [1.54, 1.807) is 30.6 Å². The van der Waals surface area contributed by atoms with Crippen LogP contribution in [-0.2, 0) is 16.6 Å². The molecule has 0 aliphatic rings. The number of aromatic nitrogens is 4. The van der Waals surface area contributed by atoms with Crippen LogP contribution in [0.2, 0.25) is 0 Å². The highest BCUT2D eigenvalue weighted by atomic mass is 32.2. The number of rotatable bonds is 7. The number of imidazole rings is 1. The first-order chi connectivity index (χ1) is 14.8. The summed E-state index contributed by atoms with van der Waals surface area (Å²) >= 11 is 0. The Morgan fingerprint density at radius 1 is 1.13 bits per heavy atom. The van der Waals surface area contributed by atoms with Gasteiger partial charge in [-0.1, -0.05) is 36.7 Å². The molecule has 2 aromatic heterocycles. The first-order valence-electron chi connectivity index (χ1n) is 10.2. The standard InChI is InChI=1S/C22H25N5O3S/c1-5-27-13-23-18-12-16(8-11-19(18)27)21-24-22(30-25-21)20(14(2)3)26-31(28,29)17-9-6-15(4)7-10-17/h6-14,20,26H,5H2,1-4H3. The Morgan fingerprint density at radius 3 is 2.55 bits per heavy atom. The Morgan fingerprint density at radius 2 is 1.87 bits per heavy atom. The minimum absolute atomic E-state index is 0.101. The molecule has 0 aliphatic heterocycles. The highest BCUT2D eigenvalue weighted by molar-refractivity contribution is 7.89. The summed E-state index contributed by atoms with van der Waals surface area (Å²) in [5.41, 5.74) is 3.61. The second-order valence-corrected chi connectivity index (χ2v) is 9.56. The molecule has 1 N–H and O–H groups in total. The first kappa shape index (κ1) is 21.2. The van der Waals surface area contributed by atoms with Crippen molar-refractivity contribution in [1.82, 2.24) is 24.4 Å². The Kier molecular flexibility index (Phi) is 5.63. The predicted molar refractivity (Wildman–Crippen MR) is 118 cm³/mol. The average Bonchev–Trinajstić information content (AvgIpc) is 3.38. The molecule has 0 spiro atoms. The Balaban J connectivity index is 1.63. The second kappa shape index (κ2) is 8.24. The number of nitrogens with zero attached hydrogens (tertiary/aromatic N) is 4. The smallest absolute Gasteiger partial charge is 0.245 e. The van der Waals surface area contributed by atoms with Crippen molar-refractivity contribution in [3.63, 3.8) is 0 Å². The van der Waals surface area contributed by atoms with Crippen LogP contribution in [0.15, 0.2) is 58.2 Å². The van der Waals surface area contributed by atoms with Crippen LogP contribution >= 0.6 is 0 Å². The molecule has 0 saturated carbocycles. The molecule has 2 aromatic carbocycles. The van der Waals surface area contributed by atoms with Crippen molar-refractivity contribution < 1.29 is 12.9 Å². The predicted octanol–water partition coefficient (Wildman–Crippen LogP) is 4.09. The van der Waals surface area contributed by atoms with Crippen LogP contribution in [0.1, 0.15) is 38.3 Å². The zero-order chi connectivity index (χ0) is 22.2. The van der Waals surface area contributed by atoms with Gasteiger partial charge < -0.3 is 9.09 Å². The number of hydrogen-bond acceptors (Lipinski definition) is 6. The summed E-state index contributed by atoms with van der Waals surface area (Å²) in [7, 11) is -3.74. The molecule has 31 heavy (non-hydrogen) atoms. The molecule has 0 fully saturated rings. The Labute approximate surface area is 181 Å². The van der Waals surface area contributed by atoms with Gasteiger partial charge in [0.25, 0.3) is 0 Å². The van der Waals surface area contributed by atoms with Gasteiger partial charge in [-0.05, 0) is 50.1 Å². The van der Waals surface area contributed by atoms with E-state index in [0.717, 1.165) is 28.7 Å². The molecule has 0 bridgehead atoms. The number of benzene rings is 2. The monoisotopic (exact) mass is 439 g/mol. The van der Waals surface area contributed by atoms with Crippen molar-refractivity contribution in [2.24, 2.45) is 5.92 Å². The van der Waals surface area contributed by atoms with Gasteiger partial charge in [0, 0.05) is 12.1 Å². The van der Waals surface area contributed by atoms with E-state index in [1.165, 1.54) is 0 Å². The molecule has 4 aromatic rings. The summed E-state index contributed by atoms with van der Waals surface area (Å²) in [6.45, 7) is 8.60. The van der Waals surface area contributed by atoms with E-state index in [0.29, 0.717) is 5.82 Å². The topological polar surface area (TPSA) is 103 Å². The van der Waals surface area contributed by atoms with Crippen LogP contribution in [0, 0.1) is 12.8 Å². The molecule has 9 heteroatoms. The Hall–Kier alpha value is -3.04. The van der Waals surface area contributed by atoms with E-state index in [1.807, 2.05) is 39.0 Å². The van der Waals surface area contributed by atoms with E-state index in [-0.39, 0.29) is 16.7 Å². The average molecular weight is 440 g/mol. The third-order valence-electron chi connectivity index (χ3n) is 5.21. The van der Waals surface area contributed by atoms with Crippen molar-refractivity contribution in [3.05, 3.63) is 60.2 Å². The number of nitrogens with one attached hydrogen (secondary N) is 1. The molecule has 1 atom stereocenters. The van der Waals surface area contributed by atoms with Gasteiger partial charge in [0.05, 0.1) is 22.3 Å². The van der Waals surface area contributed by atoms with Crippen molar-refractivity contribution in [3.8, 4) is 11.4 Å². The van der Waals surface area contributed by atoms with Crippen LogP contribution in [0.5, 0.6) is 0 Å². The fraction of sp³-hybridized carbons (Fsp3) is 0.318. The minimum atomic E-state index is -3.74. The zero-order valence-electron chi connectivity index (χ0n) is 17.9. The largest absolute Gasteiger partial charge is 0.337 e. The summed E-state index contributed by atoms with van der Waals surface area (Å²) in [6, 6.07) is 11.8. The van der Waals surface area contributed by atoms with Crippen LogP contribution < -0.4 is 4.72 Å². The number of sulfonamides is 1. The lowest BCUT2D eigenvalue weighted by atomic mass is 10.1.